The lowest BCUT2D eigenvalue weighted by Crippen LogP contribution is -2.30. The van der Waals surface area contributed by atoms with Gasteiger partial charge in [0.05, 0.1) is 7.11 Å². The number of hydrogen-bond acceptors (Lipinski definition) is 6. The Hall–Kier alpha value is -2.68. The molecule has 0 atom stereocenters. The van der Waals surface area contributed by atoms with Crippen molar-refractivity contribution in [1.29, 1.82) is 0 Å². The van der Waals surface area contributed by atoms with E-state index in [9.17, 15) is 14.4 Å². The number of aromatic amines is 2. The van der Waals surface area contributed by atoms with Gasteiger partial charge in [-0.1, -0.05) is 11.6 Å². The van der Waals surface area contributed by atoms with Crippen molar-refractivity contribution >= 4 is 23.5 Å². The molecule has 0 bridgehead atoms. The van der Waals surface area contributed by atoms with Crippen LogP contribution >= 0.6 is 11.6 Å². The van der Waals surface area contributed by atoms with Crippen LogP contribution in [0.25, 0.3) is 0 Å². The van der Waals surface area contributed by atoms with E-state index in [1.54, 1.807) is 0 Å². The molecule has 0 unspecified atom stereocenters. The van der Waals surface area contributed by atoms with E-state index in [1.807, 2.05) is 4.98 Å². The van der Waals surface area contributed by atoms with E-state index in [0.717, 1.165) is 6.20 Å². The quantitative estimate of drug-likeness (QED) is 0.671. The third-order valence-corrected chi connectivity index (χ3v) is 2.36. The molecule has 9 nitrogen and oxygen atoms in total. The molecular weight excluding hydrogens is 290 g/mol. The molecule has 20 heavy (non-hydrogen) atoms. The van der Waals surface area contributed by atoms with Crippen LogP contribution in [0.2, 0.25) is 5.15 Å². The summed E-state index contributed by atoms with van der Waals surface area (Å²) in [6, 6.07) is 1.35. The second kappa shape index (κ2) is 5.53. The number of anilines is 1. The zero-order chi connectivity index (χ0) is 14.7. The van der Waals surface area contributed by atoms with Crippen LogP contribution in [0.1, 0.15) is 10.4 Å². The Morgan fingerprint density at radius 2 is 2.15 bits per heavy atom. The number of hydrogen-bond donors (Lipinski definition) is 3. The minimum Gasteiger partial charge on any atom is -0.481 e. The number of methoxy groups -OCH3 is 1. The van der Waals surface area contributed by atoms with Crippen molar-refractivity contribution in [3.63, 3.8) is 0 Å². The van der Waals surface area contributed by atoms with Crippen LogP contribution in [-0.2, 0) is 0 Å². The number of ether oxygens (including phenoxy) is 1. The van der Waals surface area contributed by atoms with Gasteiger partial charge in [0, 0.05) is 12.3 Å². The topological polar surface area (TPSA) is 130 Å². The highest BCUT2D eigenvalue weighted by Crippen LogP contribution is 2.15. The van der Waals surface area contributed by atoms with Crippen LogP contribution in [-0.4, -0.2) is 33.0 Å². The third kappa shape index (κ3) is 3.01. The summed E-state index contributed by atoms with van der Waals surface area (Å²) in [6.07, 6.45) is 0.984. The van der Waals surface area contributed by atoms with Gasteiger partial charge in [-0.25, -0.2) is 9.78 Å². The molecule has 0 saturated heterocycles. The summed E-state index contributed by atoms with van der Waals surface area (Å²) in [4.78, 5) is 45.8. The molecular formula is C10H8ClN5O4. The van der Waals surface area contributed by atoms with Gasteiger partial charge in [-0.05, 0) is 0 Å². The molecule has 0 radical (unpaired) electrons. The first-order valence-corrected chi connectivity index (χ1v) is 5.59. The van der Waals surface area contributed by atoms with Crippen LogP contribution in [0.3, 0.4) is 0 Å². The van der Waals surface area contributed by atoms with Gasteiger partial charge in [0.1, 0.15) is 10.7 Å². The predicted octanol–water partition coefficient (Wildman–Crippen LogP) is -0.233. The maximum atomic E-state index is 11.8. The fourth-order valence-electron chi connectivity index (χ4n) is 1.30. The standard InChI is InChI=1S/C10H8ClN5O4/c1-20-6-2-5(11)13-9(14-6)15-7(17)4-3-12-10(19)16-8(4)18/h2-3H,1H3,(H2,12,16,18,19)(H,13,14,15,17). The van der Waals surface area contributed by atoms with Crippen LogP contribution in [0.4, 0.5) is 5.95 Å². The van der Waals surface area contributed by atoms with Crippen molar-refractivity contribution in [2.75, 3.05) is 12.4 Å². The van der Waals surface area contributed by atoms with Crippen LogP contribution in [0, 0.1) is 0 Å². The molecule has 0 aliphatic carbocycles. The van der Waals surface area contributed by atoms with Gasteiger partial charge in [0.2, 0.25) is 11.8 Å². The molecule has 0 spiro atoms. The largest absolute Gasteiger partial charge is 0.481 e. The highest BCUT2D eigenvalue weighted by atomic mass is 35.5. The van der Waals surface area contributed by atoms with Gasteiger partial charge >= 0.3 is 5.69 Å². The smallest absolute Gasteiger partial charge is 0.325 e. The Balaban J connectivity index is 2.30. The molecule has 0 aromatic carbocycles. The zero-order valence-corrected chi connectivity index (χ0v) is 10.8. The Morgan fingerprint density at radius 1 is 1.40 bits per heavy atom. The number of aromatic nitrogens is 4. The van der Waals surface area contributed by atoms with Gasteiger partial charge in [0.15, 0.2) is 0 Å². The summed E-state index contributed by atoms with van der Waals surface area (Å²) < 4.78 is 4.86. The monoisotopic (exact) mass is 297 g/mol. The summed E-state index contributed by atoms with van der Waals surface area (Å²) in [6.45, 7) is 0. The average Bonchev–Trinajstić information content (AvgIpc) is 2.37. The lowest BCUT2D eigenvalue weighted by molar-refractivity contribution is 0.102. The van der Waals surface area contributed by atoms with Crippen molar-refractivity contribution in [2.24, 2.45) is 0 Å². The molecule has 0 fully saturated rings. The molecule has 3 N–H and O–H groups in total. The Bertz CT molecular complexity index is 769. The fraction of sp³-hybridized carbons (Fsp3) is 0.100. The number of nitrogens with zero attached hydrogens (tertiary/aromatic N) is 2. The fourth-order valence-corrected chi connectivity index (χ4v) is 1.48. The van der Waals surface area contributed by atoms with E-state index in [2.05, 4.69) is 20.3 Å². The van der Waals surface area contributed by atoms with Gasteiger partial charge < -0.3 is 9.72 Å². The summed E-state index contributed by atoms with van der Waals surface area (Å²) >= 11 is 5.71. The molecule has 0 saturated carbocycles. The van der Waals surface area contributed by atoms with Crippen molar-refractivity contribution in [2.45, 2.75) is 0 Å². The van der Waals surface area contributed by atoms with E-state index >= 15 is 0 Å². The highest BCUT2D eigenvalue weighted by Gasteiger charge is 2.13. The molecule has 0 aliphatic rings. The molecule has 1 amide bonds. The van der Waals surface area contributed by atoms with Gasteiger partial charge in [-0.15, -0.1) is 0 Å². The van der Waals surface area contributed by atoms with Crippen LogP contribution in [0.5, 0.6) is 5.88 Å². The third-order valence-electron chi connectivity index (χ3n) is 2.17. The van der Waals surface area contributed by atoms with Gasteiger partial charge in [-0.2, -0.15) is 4.98 Å². The first kappa shape index (κ1) is 13.7. The minimum atomic E-state index is -0.833. The zero-order valence-electron chi connectivity index (χ0n) is 10.1. The molecule has 104 valence electrons. The molecule has 2 aromatic heterocycles. The molecule has 2 rings (SSSR count). The van der Waals surface area contributed by atoms with Crippen molar-refractivity contribution in [3.8, 4) is 5.88 Å². The Morgan fingerprint density at radius 3 is 2.80 bits per heavy atom. The first-order valence-electron chi connectivity index (χ1n) is 5.21. The number of nitrogens with one attached hydrogen (secondary N) is 3. The summed E-state index contributed by atoms with van der Waals surface area (Å²) in [7, 11) is 1.37. The molecule has 2 aromatic rings. The normalized spacial score (nSPS) is 10.1. The summed E-state index contributed by atoms with van der Waals surface area (Å²) in [5.41, 5.74) is -1.85. The first-order chi connectivity index (χ1) is 9.49. The molecule has 10 heteroatoms. The number of rotatable bonds is 3. The predicted molar refractivity (Wildman–Crippen MR) is 69.2 cm³/mol. The SMILES string of the molecule is COc1cc(Cl)nc(NC(=O)c2c[nH]c(=O)[nH]c2=O)n1. The van der Waals surface area contributed by atoms with Crippen molar-refractivity contribution in [1.82, 2.24) is 19.9 Å². The lowest BCUT2D eigenvalue weighted by atomic mass is 10.3. The Labute approximate surface area is 116 Å². The number of halogens is 1. The van der Waals surface area contributed by atoms with E-state index < -0.39 is 17.2 Å². The maximum Gasteiger partial charge on any atom is 0.325 e. The number of carbonyl (C=O) groups excluding carboxylic acids is 1. The molecule has 0 aliphatic heterocycles. The summed E-state index contributed by atoms with van der Waals surface area (Å²) in [5, 5.41) is 2.32. The van der Waals surface area contributed by atoms with Crippen LogP contribution < -0.4 is 21.3 Å². The van der Waals surface area contributed by atoms with Crippen molar-refractivity contribution < 1.29 is 9.53 Å². The highest BCUT2D eigenvalue weighted by molar-refractivity contribution is 6.29. The van der Waals surface area contributed by atoms with E-state index in [0.29, 0.717) is 0 Å². The number of amides is 1. The van der Waals surface area contributed by atoms with Gasteiger partial charge in [-0.3, -0.25) is 19.9 Å². The number of carbonyl (C=O) groups is 1. The maximum absolute atomic E-state index is 11.8. The second-order valence-corrected chi connectivity index (χ2v) is 3.88. The van der Waals surface area contributed by atoms with E-state index in [4.69, 9.17) is 16.3 Å². The summed E-state index contributed by atoms with van der Waals surface area (Å²) in [5.74, 6) is -0.785. The Kier molecular flexibility index (Phi) is 3.80. The number of H-pyrrole nitrogens is 2. The van der Waals surface area contributed by atoms with E-state index in [-0.39, 0.29) is 22.5 Å². The lowest BCUT2D eigenvalue weighted by Gasteiger charge is -2.05. The van der Waals surface area contributed by atoms with Gasteiger partial charge in [0.25, 0.3) is 11.5 Å². The minimum absolute atomic E-state index is 0.0579. The van der Waals surface area contributed by atoms with Crippen molar-refractivity contribution in [3.05, 3.63) is 43.8 Å². The second-order valence-electron chi connectivity index (χ2n) is 3.50. The average molecular weight is 298 g/mol. The van der Waals surface area contributed by atoms with Crippen LogP contribution in [0.15, 0.2) is 21.9 Å². The molecule has 2 heterocycles. The van der Waals surface area contributed by atoms with E-state index in [1.165, 1.54) is 13.2 Å².